The lowest BCUT2D eigenvalue weighted by Crippen LogP contribution is -2.56. The Balaban J connectivity index is 1.46. The number of halogens is 1. The molecular formula is C24H32ClN3O3. The molecule has 0 saturated carbocycles. The number of hydrogen-bond acceptors (Lipinski definition) is 4. The Hall–Kier alpha value is -2.02. The summed E-state index contributed by atoms with van der Waals surface area (Å²) >= 11 is 6.40. The highest BCUT2D eigenvalue weighted by Crippen LogP contribution is 2.42. The van der Waals surface area contributed by atoms with E-state index in [0.29, 0.717) is 24.4 Å². The van der Waals surface area contributed by atoms with Gasteiger partial charge in [0.2, 0.25) is 0 Å². The largest absolute Gasteiger partial charge is 0.490 e. The van der Waals surface area contributed by atoms with E-state index in [0.717, 1.165) is 36.6 Å². The molecule has 2 aliphatic rings. The van der Waals surface area contributed by atoms with Gasteiger partial charge in [0, 0.05) is 37.4 Å². The fourth-order valence-electron chi connectivity index (χ4n) is 4.83. The number of carbonyl (C=O) groups is 1. The Morgan fingerprint density at radius 2 is 1.87 bits per heavy atom. The van der Waals surface area contributed by atoms with Crippen LogP contribution in [0.25, 0.3) is 0 Å². The minimum atomic E-state index is -0.902. The average molecular weight is 446 g/mol. The van der Waals surface area contributed by atoms with Crippen LogP contribution in [-0.4, -0.2) is 64.3 Å². The molecule has 0 aliphatic carbocycles. The van der Waals surface area contributed by atoms with Crippen molar-refractivity contribution < 1.29 is 14.6 Å². The number of fused-ring (bicyclic) bond motifs is 2. The van der Waals surface area contributed by atoms with Crippen molar-refractivity contribution >= 4 is 17.5 Å². The number of nitrogens with zero attached hydrogens (tertiary/aromatic N) is 3. The maximum absolute atomic E-state index is 13.2. The van der Waals surface area contributed by atoms with Crippen LogP contribution in [0.3, 0.4) is 0 Å². The standard InChI is InChI=1S/C24H32ClN3O3/c1-17-15-18(5-6-19(17)31-16-23(2,3)30)22(29)27-11-9-24(10-12-27)20-7-8-21(25)28(20)14-13-26(24)4/h5-8,15,30H,9-14,16H2,1-4H3. The summed E-state index contributed by atoms with van der Waals surface area (Å²) in [5.74, 6) is 0.747. The van der Waals surface area contributed by atoms with Crippen molar-refractivity contribution in [2.24, 2.45) is 0 Å². The first-order valence-electron chi connectivity index (χ1n) is 10.9. The van der Waals surface area contributed by atoms with Gasteiger partial charge in [-0.15, -0.1) is 0 Å². The van der Waals surface area contributed by atoms with Gasteiger partial charge < -0.3 is 19.3 Å². The smallest absolute Gasteiger partial charge is 0.253 e. The number of rotatable bonds is 4. The molecule has 3 heterocycles. The molecule has 1 spiro atoms. The van der Waals surface area contributed by atoms with Gasteiger partial charge in [-0.3, -0.25) is 9.69 Å². The van der Waals surface area contributed by atoms with Gasteiger partial charge in [-0.1, -0.05) is 11.6 Å². The van der Waals surface area contributed by atoms with Crippen molar-refractivity contribution in [3.05, 3.63) is 52.3 Å². The number of carbonyl (C=O) groups excluding carboxylic acids is 1. The van der Waals surface area contributed by atoms with E-state index in [1.54, 1.807) is 13.8 Å². The molecule has 7 heteroatoms. The van der Waals surface area contributed by atoms with Gasteiger partial charge in [0.05, 0.1) is 11.1 Å². The number of amides is 1. The molecule has 4 rings (SSSR count). The van der Waals surface area contributed by atoms with Gasteiger partial charge in [0.25, 0.3) is 5.91 Å². The minimum absolute atomic E-state index is 0.0545. The highest BCUT2D eigenvalue weighted by Gasteiger charge is 2.44. The highest BCUT2D eigenvalue weighted by molar-refractivity contribution is 6.29. The molecule has 0 atom stereocenters. The van der Waals surface area contributed by atoms with Gasteiger partial charge in [0.1, 0.15) is 17.5 Å². The Labute approximate surface area is 189 Å². The molecule has 2 aromatic rings. The lowest BCUT2D eigenvalue weighted by atomic mass is 9.81. The zero-order valence-corrected chi connectivity index (χ0v) is 19.6. The topological polar surface area (TPSA) is 57.9 Å². The fraction of sp³-hybridized carbons (Fsp3) is 0.542. The first kappa shape index (κ1) is 22.2. The Morgan fingerprint density at radius 1 is 1.16 bits per heavy atom. The maximum Gasteiger partial charge on any atom is 0.253 e. The second kappa shape index (κ2) is 8.15. The number of benzene rings is 1. The summed E-state index contributed by atoms with van der Waals surface area (Å²) in [5.41, 5.74) is 1.87. The van der Waals surface area contributed by atoms with E-state index in [1.165, 1.54) is 5.69 Å². The van der Waals surface area contributed by atoms with Crippen LogP contribution in [0.1, 0.15) is 48.3 Å². The zero-order valence-electron chi connectivity index (χ0n) is 18.8. The summed E-state index contributed by atoms with van der Waals surface area (Å²) in [5, 5.41) is 10.7. The summed E-state index contributed by atoms with van der Waals surface area (Å²) < 4.78 is 7.93. The fourth-order valence-corrected chi connectivity index (χ4v) is 5.07. The van der Waals surface area contributed by atoms with Crippen LogP contribution in [0.15, 0.2) is 30.3 Å². The number of piperidine rings is 1. The van der Waals surface area contributed by atoms with Crippen molar-refractivity contribution in [2.75, 3.05) is 33.3 Å². The van der Waals surface area contributed by atoms with E-state index in [4.69, 9.17) is 16.3 Å². The van der Waals surface area contributed by atoms with Crippen LogP contribution in [0.5, 0.6) is 5.75 Å². The van der Waals surface area contributed by atoms with Crippen LogP contribution in [0.4, 0.5) is 0 Å². The van der Waals surface area contributed by atoms with E-state index in [1.807, 2.05) is 36.1 Å². The van der Waals surface area contributed by atoms with Crippen molar-refractivity contribution in [3.8, 4) is 5.75 Å². The van der Waals surface area contributed by atoms with Crippen LogP contribution >= 0.6 is 11.6 Å². The van der Waals surface area contributed by atoms with Gasteiger partial charge >= 0.3 is 0 Å². The number of ether oxygens (including phenoxy) is 1. The normalized spacial score (nSPS) is 18.8. The third kappa shape index (κ3) is 4.21. The molecule has 31 heavy (non-hydrogen) atoms. The number of hydrogen-bond donors (Lipinski definition) is 1. The van der Waals surface area contributed by atoms with Gasteiger partial charge in [-0.2, -0.15) is 0 Å². The summed E-state index contributed by atoms with van der Waals surface area (Å²) in [6, 6.07) is 9.65. The number of likely N-dealkylation sites (tertiary alicyclic amines) is 1. The SMILES string of the molecule is Cc1cc(C(=O)N2CCC3(CC2)c2ccc(Cl)n2CCN3C)ccc1OCC(C)(C)O. The second-order valence-electron chi connectivity index (χ2n) is 9.52. The van der Waals surface area contributed by atoms with Crippen molar-refractivity contribution in [2.45, 2.75) is 51.3 Å². The molecule has 0 bridgehead atoms. The minimum Gasteiger partial charge on any atom is -0.490 e. The summed E-state index contributed by atoms with van der Waals surface area (Å²) in [4.78, 5) is 17.6. The van der Waals surface area contributed by atoms with Crippen LogP contribution in [-0.2, 0) is 12.1 Å². The second-order valence-corrected chi connectivity index (χ2v) is 9.91. The molecule has 0 unspecified atom stereocenters. The number of aromatic nitrogens is 1. The van der Waals surface area contributed by atoms with E-state index in [-0.39, 0.29) is 18.1 Å². The molecule has 1 amide bonds. The summed E-state index contributed by atoms with van der Waals surface area (Å²) in [6.07, 6.45) is 1.78. The lowest BCUT2D eigenvalue weighted by Gasteiger charge is -2.50. The van der Waals surface area contributed by atoms with Crippen LogP contribution in [0, 0.1) is 6.92 Å². The van der Waals surface area contributed by atoms with E-state index in [2.05, 4.69) is 22.6 Å². The van der Waals surface area contributed by atoms with E-state index >= 15 is 0 Å². The molecule has 168 valence electrons. The van der Waals surface area contributed by atoms with Gasteiger partial charge in [0.15, 0.2) is 0 Å². The number of likely N-dealkylation sites (N-methyl/N-ethyl adjacent to an activating group) is 1. The first-order chi connectivity index (χ1) is 14.6. The predicted molar refractivity (Wildman–Crippen MR) is 122 cm³/mol. The molecule has 1 aromatic carbocycles. The monoisotopic (exact) mass is 445 g/mol. The maximum atomic E-state index is 13.2. The Bertz CT molecular complexity index is 971. The molecule has 2 aliphatic heterocycles. The molecule has 1 aromatic heterocycles. The Kier molecular flexibility index (Phi) is 5.83. The molecule has 1 saturated heterocycles. The predicted octanol–water partition coefficient (Wildman–Crippen LogP) is 3.68. The third-order valence-electron chi connectivity index (χ3n) is 6.67. The molecule has 1 fully saturated rings. The molecule has 6 nitrogen and oxygen atoms in total. The van der Waals surface area contributed by atoms with Crippen molar-refractivity contribution in [3.63, 3.8) is 0 Å². The molecule has 0 radical (unpaired) electrons. The highest BCUT2D eigenvalue weighted by atomic mass is 35.5. The van der Waals surface area contributed by atoms with Crippen LogP contribution < -0.4 is 4.74 Å². The number of aryl methyl sites for hydroxylation is 1. The van der Waals surface area contributed by atoms with Crippen LogP contribution in [0.2, 0.25) is 5.15 Å². The Morgan fingerprint density at radius 3 is 2.52 bits per heavy atom. The van der Waals surface area contributed by atoms with Crippen molar-refractivity contribution in [1.29, 1.82) is 0 Å². The first-order valence-corrected chi connectivity index (χ1v) is 11.3. The van der Waals surface area contributed by atoms with Gasteiger partial charge in [-0.05, 0) is 76.6 Å². The quantitative estimate of drug-likeness (QED) is 0.780. The zero-order chi connectivity index (χ0) is 22.4. The third-order valence-corrected chi connectivity index (χ3v) is 7.00. The number of aliphatic hydroxyl groups is 1. The van der Waals surface area contributed by atoms with E-state index in [9.17, 15) is 9.90 Å². The molecular weight excluding hydrogens is 414 g/mol. The van der Waals surface area contributed by atoms with Gasteiger partial charge in [-0.25, -0.2) is 0 Å². The summed E-state index contributed by atoms with van der Waals surface area (Å²) in [7, 11) is 2.18. The summed E-state index contributed by atoms with van der Waals surface area (Å²) in [6.45, 7) is 8.83. The van der Waals surface area contributed by atoms with E-state index < -0.39 is 5.60 Å². The molecule has 1 N–H and O–H groups in total. The lowest BCUT2D eigenvalue weighted by molar-refractivity contribution is 0.0131. The average Bonchev–Trinajstić information content (AvgIpc) is 3.11. The van der Waals surface area contributed by atoms with Crippen molar-refractivity contribution in [1.82, 2.24) is 14.4 Å².